The van der Waals surface area contributed by atoms with Crippen LogP contribution in [0.1, 0.15) is 31.0 Å². The fraction of sp³-hybridized carbons (Fsp3) is 0.379. The molecule has 12 nitrogen and oxygen atoms in total. The van der Waals surface area contributed by atoms with Crippen molar-refractivity contribution in [3.8, 4) is 11.5 Å². The quantitative estimate of drug-likeness (QED) is 0.162. The SMILES string of the molecule is CCCN(CCc1ccccn1)S(=O)(=O)c1ccccc1S(=O)(=O)Oc1cc(C)cc(OCC2CCN(C(=N)N)OC2)c1. The van der Waals surface area contributed by atoms with Crippen molar-refractivity contribution in [2.75, 3.05) is 32.8 Å². The molecular formula is C29H37N5O7S2. The van der Waals surface area contributed by atoms with Gasteiger partial charge in [0.15, 0.2) is 0 Å². The minimum atomic E-state index is -4.56. The van der Waals surface area contributed by atoms with Gasteiger partial charge in [-0.3, -0.25) is 15.2 Å². The van der Waals surface area contributed by atoms with E-state index in [0.717, 1.165) is 5.69 Å². The van der Waals surface area contributed by atoms with Gasteiger partial charge in [-0.15, -0.1) is 0 Å². The van der Waals surface area contributed by atoms with E-state index in [-0.39, 0.29) is 35.6 Å². The molecule has 1 aliphatic rings. The Labute approximate surface area is 253 Å². The summed E-state index contributed by atoms with van der Waals surface area (Å²) >= 11 is 0. The molecule has 1 atom stereocenters. The second kappa shape index (κ2) is 14.2. The number of sulfonamides is 1. The molecule has 4 rings (SSSR count). The summed E-state index contributed by atoms with van der Waals surface area (Å²) in [5.41, 5.74) is 6.87. The number of aromatic nitrogens is 1. The average Bonchev–Trinajstić information content (AvgIpc) is 2.98. The van der Waals surface area contributed by atoms with Gasteiger partial charge in [-0.1, -0.05) is 25.1 Å². The topological polar surface area (TPSA) is 165 Å². The lowest BCUT2D eigenvalue weighted by Crippen LogP contribution is -2.43. The van der Waals surface area contributed by atoms with Gasteiger partial charge in [-0.25, -0.2) is 13.5 Å². The Morgan fingerprint density at radius 1 is 1.07 bits per heavy atom. The number of nitrogens with one attached hydrogen (secondary N) is 1. The average molecular weight is 632 g/mol. The molecule has 1 unspecified atom stereocenters. The summed E-state index contributed by atoms with van der Waals surface area (Å²) in [6.07, 6.45) is 3.26. The van der Waals surface area contributed by atoms with E-state index >= 15 is 0 Å². The highest BCUT2D eigenvalue weighted by Crippen LogP contribution is 2.30. The number of pyridine rings is 1. The predicted octanol–water partition coefficient (Wildman–Crippen LogP) is 3.33. The molecule has 0 aliphatic carbocycles. The zero-order valence-corrected chi connectivity index (χ0v) is 25.8. The Kier molecular flexibility index (Phi) is 10.6. The molecule has 0 spiro atoms. The first kappa shape index (κ1) is 32.2. The lowest BCUT2D eigenvalue weighted by atomic mass is 10.1. The number of guanidine groups is 1. The first-order valence-electron chi connectivity index (χ1n) is 13.9. The second-order valence-electron chi connectivity index (χ2n) is 10.2. The third-order valence-corrected chi connectivity index (χ3v) is 10.1. The van der Waals surface area contributed by atoms with Crippen molar-refractivity contribution in [1.29, 1.82) is 5.41 Å². The Morgan fingerprint density at radius 2 is 1.79 bits per heavy atom. The first-order chi connectivity index (χ1) is 20.5. The van der Waals surface area contributed by atoms with Crippen molar-refractivity contribution in [2.24, 2.45) is 11.7 Å². The summed E-state index contributed by atoms with van der Waals surface area (Å²) < 4.78 is 67.3. The van der Waals surface area contributed by atoms with Gasteiger partial charge in [-0.2, -0.15) is 12.7 Å². The van der Waals surface area contributed by atoms with Crippen LogP contribution in [0.4, 0.5) is 0 Å². The highest BCUT2D eigenvalue weighted by Gasteiger charge is 2.32. The number of hydroxylamine groups is 2. The molecule has 232 valence electrons. The molecule has 1 fully saturated rings. The minimum Gasteiger partial charge on any atom is -0.493 e. The summed E-state index contributed by atoms with van der Waals surface area (Å²) in [4.78, 5) is 8.91. The summed E-state index contributed by atoms with van der Waals surface area (Å²) in [5.74, 6) is 0.275. The molecule has 43 heavy (non-hydrogen) atoms. The van der Waals surface area contributed by atoms with Crippen LogP contribution in [-0.2, 0) is 31.4 Å². The van der Waals surface area contributed by atoms with E-state index < -0.39 is 25.0 Å². The molecule has 1 aromatic heterocycles. The maximum Gasteiger partial charge on any atom is 0.340 e. The van der Waals surface area contributed by atoms with Crippen LogP contribution in [0.25, 0.3) is 0 Å². The second-order valence-corrected chi connectivity index (χ2v) is 13.6. The highest BCUT2D eigenvalue weighted by atomic mass is 32.2. The Morgan fingerprint density at radius 3 is 2.44 bits per heavy atom. The first-order valence-corrected chi connectivity index (χ1v) is 16.8. The molecule has 0 bridgehead atoms. The van der Waals surface area contributed by atoms with Crippen LogP contribution in [0.2, 0.25) is 0 Å². The molecule has 0 radical (unpaired) electrons. The number of rotatable bonds is 13. The fourth-order valence-electron chi connectivity index (χ4n) is 4.59. The van der Waals surface area contributed by atoms with Gasteiger partial charge in [0.25, 0.3) is 0 Å². The molecule has 0 amide bonds. The van der Waals surface area contributed by atoms with E-state index in [9.17, 15) is 16.8 Å². The monoisotopic (exact) mass is 631 g/mol. The summed E-state index contributed by atoms with van der Waals surface area (Å²) in [5, 5.41) is 8.78. The van der Waals surface area contributed by atoms with Gasteiger partial charge in [0.2, 0.25) is 16.0 Å². The van der Waals surface area contributed by atoms with Crippen molar-refractivity contribution < 1.29 is 30.6 Å². The van der Waals surface area contributed by atoms with Gasteiger partial charge in [0.1, 0.15) is 21.3 Å². The molecule has 2 heterocycles. The lowest BCUT2D eigenvalue weighted by molar-refractivity contribution is -0.149. The van der Waals surface area contributed by atoms with Crippen molar-refractivity contribution in [2.45, 2.75) is 42.9 Å². The van der Waals surface area contributed by atoms with Crippen LogP contribution >= 0.6 is 0 Å². The number of aryl methyl sites for hydroxylation is 1. The van der Waals surface area contributed by atoms with Gasteiger partial charge in [-0.05, 0) is 61.7 Å². The van der Waals surface area contributed by atoms with Crippen molar-refractivity contribution in [3.05, 3.63) is 78.1 Å². The number of nitrogens with two attached hydrogens (primary N) is 1. The van der Waals surface area contributed by atoms with E-state index in [2.05, 4.69) is 4.98 Å². The van der Waals surface area contributed by atoms with E-state index in [1.807, 2.05) is 19.1 Å². The zero-order valence-electron chi connectivity index (χ0n) is 24.2. The van der Waals surface area contributed by atoms with Gasteiger partial charge in [0.05, 0.1) is 13.2 Å². The number of benzene rings is 2. The van der Waals surface area contributed by atoms with Crippen LogP contribution in [0.15, 0.2) is 76.7 Å². The predicted molar refractivity (Wildman–Crippen MR) is 161 cm³/mol. The Hall–Kier alpha value is -3.72. The molecule has 1 saturated heterocycles. The molecule has 3 N–H and O–H groups in total. The highest BCUT2D eigenvalue weighted by molar-refractivity contribution is 7.91. The Balaban J connectivity index is 1.51. The standard InChI is InChI=1S/C29H37N5O7S2/c1-3-14-33(15-12-24-8-6-7-13-32-24)42(35,36)27-9-4-5-10-28(27)43(37,38)41-26-18-22(2)17-25(19-26)39-20-23-11-16-34(29(30)31)40-21-23/h4-10,13,17-19,23H,3,11-12,14-16,20-21H2,1-2H3,(H3,30,31). The van der Waals surface area contributed by atoms with E-state index in [1.54, 1.807) is 25.3 Å². The minimum absolute atomic E-state index is 0.00887. The molecule has 0 saturated carbocycles. The maximum absolute atomic E-state index is 13.8. The third-order valence-electron chi connectivity index (χ3n) is 6.74. The largest absolute Gasteiger partial charge is 0.493 e. The smallest absolute Gasteiger partial charge is 0.340 e. The number of nitrogens with zero attached hydrogens (tertiary/aromatic N) is 3. The maximum atomic E-state index is 13.8. The number of hydrogen-bond acceptors (Lipinski definition) is 9. The normalized spacial score (nSPS) is 15.8. The third kappa shape index (κ3) is 8.44. The molecule has 1 aliphatic heterocycles. The molecular weight excluding hydrogens is 594 g/mol. The van der Waals surface area contributed by atoms with E-state index in [4.69, 9.17) is 24.9 Å². The molecule has 3 aromatic rings. The zero-order chi connectivity index (χ0) is 31.0. The summed E-state index contributed by atoms with van der Waals surface area (Å²) in [6, 6.07) is 15.6. The van der Waals surface area contributed by atoms with E-state index in [0.29, 0.717) is 50.3 Å². The van der Waals surface area contributed by atoms with Crippen LogP contribution in [0.3, 0.4) is 0 Å². The van der Waals surface area contributed by atoms with Gasteiger partial charge in [0, 0.05) is 49.9 Å². The van der Waals surface area contributed by atoms with Crippen LogP contribution in [0, 0.1) is 18.3 Å². The van der Waals surface area contributed by atoms with E-state index in [1.165, 1.54) is 45.8 Å². The molecule has 2 aromatic carbocycles. The lowest BCUT2D eigenvalue weighted by Gasteiger charge is -2.31. The van der Waals surface area contributed by atoms with Crippen LogP contribution < -0.4 is 14.7 Å². The van der Waals surface area contributed by atoms with Crippen molar-refractivity contribution in [1.82, 2.24) is 14.4 Å². The summed E-state index contributed by atoms with van der Waals surface area (Å²) in [6.45, 7) is 5.06. The van der Waals surface area contributed by atoms with Gasteiger partial charge >= 0.3 is 10.1 Å². The van der Waals surface area contributed by atoms with Crippen LogP contribution in [0.5, 0.6) is 11.5 Å². The number of hydrogen-bond donors (Lipinski definition) is 2. The number of ether oxygens (including phenoxy) is 1. The fourth-order valence-corrected chi connectivity index (χ4v) is 7.82. The summed E-state index contributed by atoms with van der Waals surface area (Å²) in [7, 11) is -8.76. The van der Waals surface area contributed by atoms with Crippen molar-refractivity contribution >= 4 is 26.1 Å². The van der Waals surface area contributed by atoms with Crippen molar-refractivity contribution in [3.63, 3.8) is 0 Å². The van der Waals surface area contributed by atoms with Crippen LogP contribution in [-0.4, -0.2) is 70.0 Å². The Bertz CT molecular complexity index is 1610. The molecule has 14 heteroatoms. The van der Waals surface area contributed by atoms with Gasteiger partial charge < -0.3 is 14.7 Å².